The van der Waals surface area contributed by atoms with Crippen molar-refractivity contribution in [2.75, 3.05) is 0 Å². The van der Waals surface area contributed by atoms with Crippen LogP contribution in [-0.4, -0.2) is 4.83 Å². The molecule has 0 N–H and O–H groups in total. The Bertz CT molecular complexity index is 329. The molecule has 14 heavy (non-hydrogen) atoms. The zero-order valence-electron chi connectivity index (χ0n) is 8.26. The second-order valence-corrected chi connectivity index (χ2v) is 6.10. The van der Waals surface area contributed by atoms with E-state index in [0.717, 1.165) is 11.4 Å². The summed E-state index contributed by atoms with van der Waals surface area (Å²) in [4.78, 5) is 0.606. The molecular weight excluding hydrogens is 259 g/mol. The Balaban J connectivity index is 2.11. The lowest BCUT2D eigenvalue weighted by Crippen LogP contribution is -2.15. The zero-order valence-corrected chi connectivity index (χ0v) is 10.6. The van der Waals surface area contributed by atoms with Crippen LogP contribution in [0.15, 0.2) is 24.3 Å². The van der Waals surface area contributed by atoms with Gasteiger partial charge in [-0.1, -0.05) is 46.6 Å². The molecule has 76 valence electrons. The van der Waals surface area contributed by atoms with Gasteiger partial charge in [0.25, 0.3) is 0 Å². The van der Waals surface area contributed by atoms with Crippen LogP contribution < -0.4 is 0 Å². The van der Waals surface area contributed by atoms with E-state index in [1.807, 2.05) is 12.1 Å². The molecule has 0 radical (unpaired) electrons. The summed E-state index contributed by atoms with van der Waals surface area (Å²) < 4.78 is 0. The minimum absolute atomic E-state index is 0.505. The smallest absolute Gasteiger partial charge is 0.0408 e. The van der Waals surface area contributed by atoms with E-state index in [0.29, 0.717) is 10.2 Å². The summed E-state index contributed by atoms with van der Waals surface area (Å²) >= 11 is 9.66. The van der Waals surface area contributed by atoms with E-state index in [9.17, 15) is 0 Å². The summed E-state index contributed by atoms with van der Waals surface area (Å²) in [6.45, 7) is 2.25. The highest BCUT2D eigenvalue weighted by molar-refractivity contribution is 9.09. The first kappa shape index (κ1) is 10.5. The number of halogens is 2. The molecule has 1 aromatic carbocycles. The molecule has 0 amide bonds. The third-order valence-electron chi connectivity index (χ3n) is 3.18. The van der Waals surface area contributed by atoms with Gasteiger partial charge in [-0.15, -0.1) is 0 Å². The zero-order chi connectivity index (χ0) is 10.2. The van der Waals surface area contributed by atoms with Gasteiger partial charge in [-0.25, -0.2) is 0 Å². The summed E-state index contributed by atoms with van der Waals surface area (Å²) in [5.74, 6) is 0. The predicted molar refractivity (Wildman–Crippen MR) is 65.2 cm³/mol. The minimum Gasteiger partial charge on any atom is -0.0888 e. The minimum atomic E-state index is 0.505. The first-order valence-electron chi connectivity index (χ1n) is 5.01. The van der Waals surface area contributed by atoms with E-state index in [1.165, 1.54) is 18.4 Å². The normalized spacial score (nSPS) is 20.5. The highest BCUT2D eigenvalue weighted by atomic mass is 79.9. The van der Waals surface area contributed by atoms with Crippen LogP contribution in [0.3, 0.4) is 0 Å². The molecular formula is C12H14BrCl. The number of alkyl halides is 1. The van der Waals surface area contributed by atoms with Crippen LogP contribution in [0.2, 0.25) is 5.02 Å². The maximum atomic E-state index is 5.96. The summed E-state index contributed by atoms with van der Waals surface area (Å²) in [6, 6.07) is 8.22. The monoisotopic (exact) mass is 272 g/mol. The van der Waals surface area contributed by atoms with E-state index >= 15 is 0 Å². The lowest BCUT2D eigenvalue weighted by atomic mass is 9.94. The van der Waals surface area contributed by atoms with Gasteiger partial charge in [-0.2, -0.15) is 0 Å². The van der Waals surface area contributed by atoms with E-state index in [2.05, 4.69) is 35.0 Å². The van der Waals surface area contributed by atoms with Crippen molar-refractivity contribution in [2.24, 2.45) is 5.41 Å². The molecule has 2 heteroatoms. The van der Waals surface area contributed by atoms with Gasteiger partial charge >= 0.3 is 0 Å². The number of rotatable bonds is 3. The average molecular weight is 274 g/mol. The van der Waals surface area contributed by atoms with E-state index < -0.39 is 0 Å². The second-order valence-electron chi connectivity index (χ2n) is 4.29. The van der Waals surface area contributed by atoms with Crippen molar-refractivity contribution in [1.82, 2.24) is 0 Å². The van der Waals surface area contributed by atoms with Crippen LogP contribution in [0.1, 0.15) is 25.3 Å². The Morgan fingerprint density at radius 2 is 2.21 bits per heavy atom. The molecule has 0 nitrogen and oxygen atoms in total. The van der Waals surface area contributed by atoms with E-state index in [4.69, 9.17) is 11.6 Å². The summed E-state index contributed by atoms with van der Waals surface area (Å²) in [7, 11) is 0. The van der Waals surface area contributed by atoms with Gasteiger partial charge in [-0.3, -0.25) is 0 Å². The van der Waals surface area contributed by atoms with Crippen LogP contribution in [0.25, 0.3) is 0 Å². The van der Waals surface area contributed by atoms with Gasteiger partial charge in [0.1, 0.15) is 0 Å². The molecule has 1 saturated carbocycles. The van der Waals surface area contributed by atoms with Crippen molar-refractivity contribution < 1.29 is 0 Å². The quantitative estimate of drug-likeness (QED) is 0.714. The Labute approximate surface area is 98.8 Å². The van der Waals surface area contributed by atoms with Crippen LogP contribution in [0.4, 0.5) is 0 Å². The maximum absolute atomic E-state index is 5.96. The molecule has 1 fully saturated rings. The van der Waals surface area contributed by atoms with Crippen molar-refractivity contribution in [2.45, 2.75) is 31.0 Å². The molecule has 1 aliphatic rings. The fourth-order valence-corrected chi connectivity index (χ4v) is 2.76. The summed E-state index contributed by atoms with van der Waals surface area (Å²) in [6.07, 6.45) is 3.83. The van der Waals surface area contributed by atoms with Crippen molar-refractivity contribution in [3.05, 3.63) is 34.9 Å². The molecule has 0 aromatic heterocycles. The first-order chi connectivity index (χ1) is 6.62. The fraction of sp³-hybridized carbons (Fsp3) is 0.500. The van der Waals surface area contributed by atoms with Gasteiger partial charge in [0, 0.05) is 9.85 Å². The number of hydrogen-bond donors (Lipinski definition) is 0. The first-order valence-corrected chi connectivity index (χ1v) is 6.30. The largest absolute Gasteiger partial charge is 0.0888 e. The molecule has 1 atom stereocenters. The summed E-state index contributed by atoms with van der Waals surface area (Å²) in [5.41, 5.74) is 1.87. The van der Waals surface area contributed by atoms with Gasteiger partial charge in [-0.05, 0) is 42.4 Å². The third kappa shape index (κ3) is 2.14. The lowest BCUT2D eigenvalue weighted by Gasteiger charge is -2.18. The van der Waals surface area contributed by atoms with Crippen LogP contribution in [0, 0.1) is 5.41 Å². The predicted octanol–water partition coefficient (Wildman–Crippen LogP) is 4.45. The third-order valence-corrected chi connectivity index (χ3v) is 4.39. The van der Waals surface area contributed by atoms with E-state index in [1.54, 1.807) is 0 Å². The van der Waals surface area contributed by atoms with Gasteiger partial charge in [0.2, 0.25) is 0 Å². The highest BCUT2D eigenvalue weighted by Crippen LogP contribution is 2.53. The second kappa shape index (κ2) is 3.86. The van der Waals surface area contributed by atoms with Gasteiger partial charge < -0.3 is 0 Å². The van der Waals surface area contributed by atoms with Crippen molar-refractivity contribution in [3.63, 3.8) is 0 Å². The molecule has 0 aliphatic heterocycles. The average Bonchev–Trinajstić information content (AvgIpc) is 2.85. The Morgan fingerprint density at radius 3 is 2.71 bits per heavy atom. The van der Waals surface area contributed by atoms with Crippen LogP contribution in [-0.2, 0) is 6.42 Å². The van der Waals surface area contributed by atoms with Crippen LogP contribution in [0.5, 0.6) is 0 Å². The van der Waals surface area contributed by atoms with Crippen molar-refractivity contribution >= 4 is 27.5 Å². The number of benzene rings is 1. The maximum Gasteiger partial charge on any atom is 0.0408 e. The molecule has 2 rings (SSSR count). The molecule has 0 heterocycles. The van der Waals surface area contributed by atoms with Crippen LogP contribution >= 0.6 is 27.5 Å². The Kier molecular flexibility index (Phi) is 2.90. The Morgan fingerprint density at radius 1 is 1.50 bits per heavy atom. The molecule has 0 spiro atoms. The Hall–Kier alpha value is -0.0100. The van der Waals surface area contributed by atoms with Gasteiger partial charge in [0.05, 0.1) is 0 Å². The SMILES string of the molecule is CC(Br)C1(Cc2cccc(Cl)c2)CC1. The number of hydrogen-bond acceptors (Lipinski definition) is 0. The van der Waals surface area contributed by atoms with E-state index in [-0.39, 0.29) is 0 Å². The molecule has 1 unspecified atom stereocenters. The lowest BCUT2D eigenvalue weighted by molar-refractivity contribution is 0.509. The fourth-order valence-electron chi connectivity index (χ4n) is 1.93. The van der Waals surface area contributed by atoms with Crippen molar-refractivity contribution in [1.29, 1.82) is 0 Å². The van der Waals surface area contributed by atoms with Gasteiger partial charge in [0.15, 0.2) is 0 Å². The topological polar surface area (TPSA) is 0 Å². The molecule has 0 bridgehead atoms. The summed E-state index contributed by atoms with van der Waals surface area (Å²) in [5, 5.41) is 0.848. The molecule has 1 aliphatic carbocycles. The highest BCUT2D eigenvalue weighted by Gasteiger charge is 2.45. The van der Waals surface area contributed by atoms with Crippen molar-refractivity contribution in [3.8, 4) is 0 Å². The molecule has 1 aromatic rings. The molecule has 0 saturated heterocycles. The standard InChI is InChI=1S/C12H14BrCl/c1-9(13)12(5-6-12)8-10-3-2-4-11(14)7-10/h2-4,7,9H,5-6,8H2,1H3.